The van der Waals surface area contributed by atoms with Crippen LogP contribution in [0.5, 0.6) is 5.75 Å². The largest absolute Gasteiger partial charge is 0.487 e. The lowest BCUT2D eigenvalue weighted by molar-refractivity contribution is 0.0999. The molecule has 0 bridgehead atoms. The SMILES string of the molecule is Cc1c(C(N)=O)cccc1-n1c(C)cc(OCc2ccc(F)cc2F)c(Cl)c1=O. The van der Waals surface area contributed by atoms with E-state index in [-0.39, 0.29) is 28.5 Å². The summed E-state index contributed by atoms with van der Waals surface area (Å²) in [6.07, 6.45) is 0. The molecule has 1 heterocycles. The predicted molar refractivity (Wildman–Crippen MR) is 106 cm³/mol. The number of primary amides is 1. The van der Waals surface area contributed by atoms with Gasteiger partial charge in [0.2, 0.25) is 5.91 Å². The Balaban J connectivity index is 2.00. The van der Waals surface area contributed by atoms with Crippen molar-refractivity contribution in [2.45, 2.75) is 20.5 Å². The van der Waals surface area contributed by atoms with Crippen LogP contribution >= 0.6 is 11.6 Å². The molecular formula is C21H17ClF2N2O3. The van der Waals surface area contributed by atoms with E-state index in [1.165, 1.54) is 16.7 Å². The number of ether oxygens (including phenoxy) is 1. The molecule has 0 fully saturated rings. The number of carbonyl (C=O) groups excluding carboxylic acids is 1. The molecule has 1 amide bonds. The Morgan fingerprint density at radius 1 is 1.17 bits per heavy atom. The lowest BCUT2D eigenvalue weighted by atomic mass is 10.1. The maximum atomic E-state index is 13.8. The van der Waals surface area contributed by atoms with E-state index in [1.54, 1.807) is 32.0 Å². The number of hydrogen-bond donors (Lipinski definition) is 1. The van der Waals surface area contributed by atoms with Gasteiger partial charge in [0.25, 0.3) is 5.56 Å². The number of pyridine rings is 1. The van der Waals surface area contributed by atoms with Gasteiger partial charge in [-0.05, 0) is 43.7 Å². The summed E-state index contributed by atoms with van der Waals surface area (Å²) in [5.74, 6) is -2.00. The number of aryl methyl sites for hydroxylation is 1. The van der Waals surface area contributed by atoms with Crippen LogP contribution < -0.4 is 16.0 Å². The summed E-state index contributed by atoms with van der Waals surface area (Å²) in [5.41, 5.74) is 6.70. The van der Waals surface area contributed by atoms with Crippen LogP contribution in [0.25, 0.3) is 5.69 Å². The van der Waals surface area contributed by atoms with Gasteiger partial charge in [0.1, 0.15) is 29.0 Å². The van der Waals surface area contributed by atoms with Crippen molar-refractivity contribution in [3.05, 3.63) is 91.9 Å². The number of nitrogens with two attached hydrogens (primary N) is 1. The second-order valence-corrected chi connectivity index (χ2v) is 6.82. The van der Waals surface area contributed by atoms with Crippen molar-refractivity contribution < 1.29 is 18.3 Å². The molecule has 5 nitrogen and oxygen atoms in total. The van der Waals surface area contributed by atoms with Crippen LogP contribution in [0.4, 0.5) is 8.78 Å². The Morgan fingerprint density at radius 2 is 1.90 bits per heavy atom. The number of carbonyl (C=O) groups is 1. The van der Waals surface area contributed by atoms with Crippen molar-refractivity contribution in [2.75, 3.05) is 0 Å². The van der Waals surface area contributed by atoms with Gasteiger partial charge in [0.15, 0.2) is 0 Å². The van der Waals surface area contributed by atoms with E-state index < -0.39 is 23.1 Å². The van der Waals surface area contributed by atoms with Crippen LogP contribution in [-0.2, 0) is 6.61 Å². The van der Waals surface area contributed by atoms with Crippen molar-refractivity contribution in [3.8, 4) is 11.4 Å². The Hall–Kier alpha value is -3.19. The zero-order chi connectivity index (χ0) is 21.3. The zero-order valence-corrected chi connectivity index (χ0v) is 16.4. The molecule has 150 valence electrons. The first-order chi connectivity index (χ1) is 13.7. The van der Waals surface area contributed by atoms with Crippen molar-refractivity contribution in [1.82, 2.24) is 4.57 Å². The van der Waals surface area contributed by atoms with E-state index in [0.717, 1.165) is 12.1 Å². The molecule has 0 saturated carbocycles. The van der Waals surface area contributed by atoms with E-state index in [0.29, 0.717) is 16.9 Å². The average Bonchev–Trinajstić information content (AvgIpc) is 2.65. The van der Waals surface area contributed by atoms with Gasteiger partial charge in [-0.2, -0.15) is 0 Å². The second kappa shape index (κ2) is 8.05. The van der Waals surface area contributed by atoms with Crippen LogP contribution in [0.2, 0.25) is 5.02 Å². The highest BCUT2D eigenvalue weighted by Gasteiger charge is 2.17. The summed E-state index contributed by atoms with van der Waals surface area (Å²) >= 11 is 6.20. The molecule has 0 unspecified atom stereocenters. The third-order valence-electron chi connectivity index (χ3n) is 4.51. The molecular weight excluding hydrogens is 402 g/mol. The summed E-state index contributed by atoms with van der Waals surface area (Å²) in [6.45, 7) is 3.11. The van der Waals surface area contributed by atoms with E-state index in [2.05, 4.69) is 0 Å². The number of amides is 1. The third kappa shape index (κ3) is 4.00. The summed E-state index contributed by atoms with van der Waals surface area (Å²) in [7, 11) is 0. The normalized spacial score (nSPS) is 10.8. The maximum absolute atomic E-state index is 13.8. The smallest absolute Gasteiger partial charge is 0.277 e. The summed E-state index contributed by atoms with van der Waals surface area (Å²) in [6, 6.07) is 9.49. The first kappa shape index (κ1) is 20.5. The standard InChI is InChI=1S/C21H17ClF2N2O3/c1-11-8-18(29-10-13-6-7-14(23)9-16(13)24)19(22)21(28)26(11)17-5-3-4-15(12(17)2)20(25)27/h3-9H,10H2,1-2H3,(H2,25,27). The van der Waals surface area contributed by atoms with E-state index in [9.17, 15) is 18.4 Å². The molecule has 0 radical (unpaired) electrons. The van der Waals surface area contributed by atoms with Gasteiger partial charge in [-0.3, -0.25) is 14.2 Å². The van der Waals surface area contributed by atoms with Crippen LogP contribution in [0, 0.1) is 25.5 Å². The van der Waals surface area contributed by atoms with Crippen LogP contribution in [0.15, 0.2) is 47.3 Å². The quantitative estimate of drug-likeness (QED) is 0.678. The first-order valence-corrected chi connectivity index (χ1v) is 8.97. The van der Waals surface area contributed by atoms with Crippen molar-refractivity contribution in [2.24, 2.45) is 5.73 Å². The van der Waals surface area contributed by atoms with Crippen molar-refractivity contribution in [3.63, 3.8) is 0 Å². The summed E-state index contributed by atoms with van der Waals surface area (Å²) in [4.78, 5) is 24.5. The number of aromatic nitrogens is 1. The molecule has 0 aliphatic carbocycles. The van der Waals surface area contributed by atoms with Gasteiger partial charge < -0.3 is 10.5 Å². The summed E-state index contributed by atoms with van der Waals surface area (Å²) < 4.78 is 33.7. The number of halogens is 3. The molecule has 0 atom stereocenters. The lowest BCUT2D eigenvalue weighted by Crippen LogP contribution is -2.24. The highest BCUT2D eigenvalue weighted by molar-refractivity contribution is 6.31. The minimum atomic E-state index is -0.759. The topological polar surface area (TPSA) is 74.3 Å². The minimum Gasteiger partial charge on any atom is -0.487 e. The number of nitrogens with zero attached hydrogens (tertiary/aromatic N) is 1. The summed E-state index contributed by atoms with van der Waals surface area (Å²) in [5, 5.41) is -0.206. The zero-order valence-electron chi connectivity index (χ0n) is 15.6. The van der Waals surface area contributed by atoms with E-state index in [4.69, 9.17) is 22.1 Å². The number of rotatable bonds is 5. The molecule has 3 rings (SSSR count). The minimum absolute atomic E-state index is 0.0675. The van der Waals surface area contributed by atoms with Gasteiger partial charge in [-0.1, -0.05) is 17.7 Å². The van der Waals surface area contributed by atoms with Crippen LogP contribution in [0.3, 0.4) is 0 Å². The third-order valence-corrected chi connectivity index (χ3v) is 4.86. The van der Waals surface area contributed by atoms with Crippen molar-refractivity contribution >= 4 is 17.5 Å². The Labute approximate surface area is 170 Å². The average molecular weight is 419 g/mol. The van der Waals surface area contributed by atoms with Crippen molar-refractivity contribution in [1.29, 1.82) is 0 Å². The maximum Gasteiger partial charge on any atom is 0.277 e. The molecule has 3 aromatic rings. The Morgan fingerprint density at radius 3 is 2.55 bits per heavy atom. The van der Waals surface area contributed by atoms with Gasteiger partial charge in [0, 0.05) is 29.0 Å². The fourth-order valence-electron chi connectivity index (χ4n) is 3.01. The van der Waals surface area contributed by atoms with Gasteiger partial charge in [0.05, 0.1) is 5.69 Å². The van der Waals surface area contributed by atoms with Gasteiger partial charge >= 0.3 is 0 Å². The second-order valence-electron chi connectivity index (χ2n) is 6.44. The first-order valence-electron chi connectivity index (χ1n) is 8.59. The number of benzene rings is 2. The lowest BCUT2D eigenvalue weighted by Gasteiger charge is -2.17. The fourth-order valence-corrected chi connectivity index (χ4v) is 3.21. The Bertz CT molecular complexity index is 1180. The Kier molecular flexibility index (Phi) is 5.70. The van der Waals surface area contributed by atoms with E-state index in [1.807, 2.05) is 0 Å². The van der Waals surface area contributed by atoms with Crippen LogP contribution in [-0.4, -0.2) is 10.5 Å². The van der Waals surface area contributed by atoms with Gasteiger partial charge in [-0.25, -0.2) is 8.78 Å². The molecule has 0 aliphatic rings. The van der Waals surface area contributed by atoms with Crippen LogP contribution in [0.1, 0.15) is 27.2 Å². The molecule has 0 spiro atoms. The highest BCUT2D eigenvalue weighted by atomic mass is 35.5. The highest BCUT2D eigenvalue weighted by Crippen LogP contribution is 2.26. The molecule has 2 N–H and O–H groups in total. The van der Waals surface area contributed by atoms with Gasteiger partial charge in [-0.15, -0.1) is 0 Å². The molecule has 1 aromatic heterocycles. The number of hydrogen-bond acceptors (Lipinski definition) is 3. The molecule has 8 heteroatoms. The predicted octanol–water partition coefficient (Wildman–Crippen LogP) is 4.06. The molecule has 0 saturated heterocycles. The molecule has 0 aliphatic heterocycles. The monoisotopic (exact) mass is 418 g/mol. The molecule has 2 aromatic carbocycles. The molecule has 29 heavy (non-hydrogen) atoms. The fraction of sp³-hybridized carbons (Fsp3) is 0.143. The van der Waals surface area contributed by atoms with E-state index >= 15 is 0 Å².